The zero-order chi connectivity index (χ0) is 13.3. The molecule has 1 aromatic heterocycles. The summed E-state index contributed by atoms with van der Waals surface area (Å²) in [5.41, 5.74) is 6.56. The molecule has 94 valence electrons. The van der Waals surface area contributed by atoms with E-state index in [-0.39, 0.29) is 11.1 Å². The molecule has 1 atom stereocenters. The van der Waals surface area contributed by atoms with Gasteiger partial charge in [-0.1, -0.05) is 0 Å². The van der Waals surface area contributed by atoms with Gasteiger partial charge in [-0.25, -0.2) is 13.2 Å². The molecule has 2 nitrogen and oxygen atoms in total. The van der Waals surface area contributed by atoms with Crippen LogP contribution >= 0.6 is 0 Å². The fourth-order valence-electron chi connectivity index (χ4n) is 1.70. The Labute approximate surface area is 102 Å². The largest absolute Gasteiger partial charge is 0.320 e. The molecule has 1 heterocycles. The average Bonchev–Trinajstić information content (AvgIpc) is 2.33. The minimum absolute atomic E-state index is 0.112. The lowest BCUT2D eigenvalue weighted by molar-refractivity contribution is 0.559. The predicted octanol–water partition coefficient (Wildman–Crippen LogP) is 2.86. The van der Waals surface area contributed by atoms with E-state index < -0.39 is 23.5 Å². The van der Waals surface area contributed by atoms with Gasteiger partial charge >= 0.3 is 0 Å². The van der Waals surface area contributed by atoms with Gasteiger partial charge in [-0.3, -0.25) is 4.98 Å². The maximum absolute atomic E-state index is 13.6. The van der Waals surface area contributed by atoms with Crippen molar-refractivity contribution in [2.45, 2.75) is 13.0 Å². The lowest BCUT2D eigenvalue weighted by atomic mass is 9.98. The van der Waals surface area contributed by atoms with Crippen molar-refractivity contribution in [1.82, 2.24) is 4.98 Å². The summed E-state index contributed by atoms with van der Waals surface area (Å²) in [6.07, 6.45) is 2.38. The molecule has 1 aromatic carbocycles. The second kappa shape index (κ2) is 4.78. The standard InChI is InChI=1S/C13H11F3N2/c1-7-2-10(12(16)4-11(7)15)13(17)8-3-9(14)6-18-5-8/h2-6,13H,17H2,1H3. The summed E-state index contributed by atoms with van der Waals surface area (Å²) in [6.45, 7) is 1.51. The lowest BCUT2D eigenvalue weighted by Crippen LogP contribution is -2.15. The number of aromatic nitrogens is 1. The van der Waals surface area contributed by atoms with E-state index in [9.17, 15) is 13.2 Å². The van der Waals surface area contributed by atoms with Gasteiger partial charge in [0.15, 0.2) is 0 Å². The third kappa shape index (κ3) is 2.36. The smallest absolute Gasteiger partial charge is 0.141 e. The maximum atomic E-state index is 13.6. The summed E-state index contributed by atoms with van der Waals surface area (Å²) in [6, 6.07) is 2.39. The van der Waals surface area contributed by atoms with Crippen LogP contribution in [0.1, 0.15) is 22.7 Å². The van der Waals surface area contributed by atoms with Crippen molar-refractivity contribution >= 4 is 0 Å². The molecule has 0 aliphatic rings. The highest BCUT2D eigenvalue weighted by Crippen LogP contribution is 2.24. The van der Waals surface area contributed by atoms with Crippen LogP contribution in [0.15, 0.2) is 30.6 Å². The number of rotatable bonds is 2. The summed E-state index contributed by atoms with van der Waals surface area (Å²) in [7, 11) is 0. The molecule has 0 fully saturated rings. The average molecular weight is 252 g/mol. The Morgan fingerprint density at radius 2 is 1.78 bits per heavy atom. The molecule has 2 rings (SSSR count). The van der Waals surface area contributed by atoms with Crippen molar-refractivity contribution in [3.8, 4) is 0 Å². The van der Waals surface area contributed by atoms with Gasteiger partial charge in [0.25, 0.3) is 0 Å². The van der Waals surface area contributed by atoms with Crippen molar-refractivity contribution in [3.63, 3.8) is 0 Å². The van der Waals surface area contributed by atoms with Gasteiger partial charge in [-0.05, 0) is 30.2 Å². The lowest BCUT2D eigenvalue weighted by Gasteiger charge is -2.14. The molecular weight excluding hydrogens is 241 g/mol. The molecule has 0 aliphatic carbocycles. The first-order valence-electron chi connectivity index (χ1n) is 5.30. The number of nitrogens with zero attached hydrogens (tertiary/aromatic N) is 1. The number of halogens is 3. The molecule has 0 amide bonds. The molecule has 2 aromatic rings. The zero-order valence-corrected chi connectivity index (χ0v) is 9.62. The first kappa shape index (κ1) is 12.6. The minimum Gasteiger partial charge on any atom is -0.320 e. The molecule has 0 saturated carbocycles. The van der Waals surface area contributed by atoms with E-state index >= 15 is 0 Å². The highest BCUT2D eigenvalue weighted by Gasteiger charge is 2.16. The summed E-state index contributed by atoms with van der Waals surface area (Å²) in [4.78, 5) is 3.65. The van der Waals surface area contributed by atoms with Gasteiger partial charge in [0.1, 0.15) is 17.5 Å². The van der Waals surface area contributed by atoms with Crippen LogP contribution in [-0.4, -0.2) is 4.98 Å². The molecule has 5 heteroatoms. The number of pyridine rings is 1. The Morgan fingerprint density at radius 3 is 2.44 bits per heavy atom. The van der Waals surface area contributed by atoms with Gasteiger partial charge in [0.05, 0.1) is 12.2 Å². The first-order valence-corrected chi connectivity index (χ1v) is 5.30. The summed E-state index contributed by atoms with van der Waals surface area (Å²) >= 11 is 0. The number of benzene rings is 1. The second-order valence-electron chi connectivity index (χ2n) is 4.04. The Hall–Kier alpha value is -1.88. The Bertz CT molecular complexity index is 584. The highest BCUT2D eigenvalue weighted by atomic mass is 19.1. The third-order valence-corrected chi connectivity index (χ3v) is 2.70. The summed E-state index contributed by atoms with van der Waals surface area (Å²) < 4.78 is 39.8. The van der Waals surface area contributed by atoms with Gasteiger partial charge < -0.3 is 5.73 Å². The van der Waals surface area contributed by atoms with Gasteiger partial charge in [0, 0.05) is 17.8 Å². The monoisotopic (exact) mass is 252 g/mol. The van der Waals surface area contributed by atoms with E-state index in [0.29, 0.717) is 5.56 Å². The van der Waals surface area contributed by atoms with Crippen LogP contribution in [0.5, 0.6) is 0 Å². The normalized spacial score (nSPS) is 12.5. The van der Waals surface area contributed by atoms with E-state index in [0.717, 1.165) is 12.3 Å². The van der Waals surface area contributed by atoms with Crippen molar-refractivity contribution in [1.29, 1.82) is 0 Å². The number of hydrogen-bond donors (Lipinski definition) is 1. The van der Waals surface area contributed by atoms with Crippen molar-refractivity contribution < 1.29 is 13.2 Å². The fourth-order valence-corrected chi connectivity index (χ4v) is 1.70. The summed E-state index contributed by atoms with van der Waals surface area (Å²) in [5.74, 6) is -1.95. The van der Waals surface area contributed by atoms with Crippen LogP contribution in [0.4, 0.5) is 13.2 Å². The Morgan fingerprint density at radius 1 is 1.06 bits per heavy atom. The Kier molecular flexibility index (Phi) is 3.34. The van der Waals surface area contributed by atoms with Crippen molar-refractivity contribution in [2.75, 3.05) is 0 Å². The molecule has 0 spiro atoms. The quantitative estimate of drug-likeness (QED) is 0.892. The number of nitrogens with two attached hydrogens (primary N) is 1. The van der Waals surface area contributed by atoms with E-state index in [4.69, 9.17) is 5.73 Å². The van der Waals surface area contributed by atoms with E-state index in [2.05, 4.69) is 4.98 Å². The highest BCUT2D eigenvalue weighted by molar-refractivity contribution is 5.34. The van der Waals surface area contributed by atoms with Crippen LogP contribution in [0.3, 0.4) is 0 Å². The Balaban J connectivity index is 2.46. The number of aryl methyl sites for hydroxylation is 1. The van der Waals surface area contributed by atoms with E-state index in [1.165, 1.54) is 25.3 Å². The van der Waals surface area contributed by atoms with E-state index in [1.807, 2.05) is 0 Å². The van der Waals surface area contributed by atoms with Crippen LogP contribution in [0, 0.1) is 24.4 Å². The molecule has 1 unspecified atom stereocenters. The fraction of sp³-hybridized carbons (Fsp3) is 0.154. The molecular formula is C13H11F3N2. The summed E-state index contributed by atoms with van der Waals surface area (Å²) in [5, 5.41) is 0. The topological polar surface area (TPSA) is 38.9 Å². The first-order chi connectivity index (χ1) is 8.49. The van der Waals surface area contributed by atoms with E-state index in [1.54, 1.807) is 0 Å². The maximum Gasteiger partial charge on any atom is 0.141 e. The third-order valence-electron chi connectivity index (χ3n) is 2.70. The molecule has 0 radical (unpaired) electrons. The van der Waals surface area contributed by atoms with Crippen LogP contribution in [0.2, 0.25) is 0 Å². The van der Waals surface area contributed by atoms with Crippen LogP contribution in [-0.2, 0) is 0 Å². The van der Waals surface area contributed by atoms with Crippen LogP contribution in [0.25, 0.3) is 0 Å². The number of hydrogen-bond acceptors (Lipinski definition) is 2. The van der Waals surface area contributed by atoms with Crippen molar-refractivity contribution in [3.05, 3.63) is 64.7 Å². The van der Waals surface area contributed by atoms with Gasteiger partial charge in [-0.2, -0.15) is 0 Å². The predicted molar refractivity (Wildman–Crippen MR) is 61.3 cm³/mol. The molecule has 18 heavy (non-hydrogen) atoms. The SMILES string of the molecule is Cc1cc(C(N)c2cncc(F)c2)c(F)cc1F. The van der Waals surface area contributed by atoms with Crippen molar-refractivity contribution in [2.24, 2.45) is 5.73 Å². The minimum atomic E-state index is -0.882. The van der Waals surface area contributed by atoms with Gasteiger partial charge in [-0.15, -0.1) is 0 Å². The second-order valence-corrected chi connectivity index (χ2v) is 4.04. The molecule has 0 saturated heterocycles. The molecule has 0 aliphatic heterocycles. The molecule has 0 bridgehead atoms. The zero-order valence-electron chi connectivity index (χ0n) is 9.62. The van der Waals surface area contributed by atoms with Gasteiger partial charge in [0.2, 0.25) is 0 Å². The van der Waals surface area contributed by atoms with Crippen LogP contribution < -0.4 is 5.73 Å². The molecule has 2 N–H and O–H groups in total.